The Morgan fingerprint density at radius 2 is 1.83 bits per heavy atom. The summed E-state index contributed by atoms with van der Waals surface area (Å²) < 4.78 is 26.7. The predicted octanol–water partition coefficient (Wildman–Crippen LogP) is 3.61. The van der Waals surface area contributed by atoms with E-state index in [-0.39, 0.29) is 22.9 Å². The maximum atomic E-state index is 13.5. The molecule has 2 aromatic carbocycles. The van der Waals surface area contributed by atoms with Crippen molar-refractivity contribution in [2.24, 2.45) is 0 Å². The van der Waals surface area contributed by atoms with Gasteiger partial charge in [-0.15, -0.1) is 0 Å². The molecule has 0 aliphatic heterocycles. The van der Waals surface area contributed by atoms with Crippen LogP contribution in [0.3, 0.4) is 0 Å². The van der Waals surface area contributed by atoms with Crippen molar-refractivity contribution in [3.63, 3.8) is 0 Å². The number of halogens is 3. The van der Waals surface area contributed by atoms with Gasteiger partial charge < -0.3 is 10.2 Å². The number of nitrogens with zero attached hydrogens (tertiary/aromatic N) is 1. The third kappa shape index (κ3) is 4.26. The molecule has 0 saturated heterocycles. The van der Waals surface area contributed by atoms with E-state index in [1.54, 1.807) is 6.07 Å². The van der Waals surface area contributed by atoms with E-state index in [0.29, 0.717) is 0 Å². The number of hydrogen-bond donors (Lipinski definition) is 1. The van der Waals surface area contributed by atoms with Crippen LogP contribution in [0.1, 0.15) is 6.92 Å². The molecule has 0 radical (unpaired) electrons. The fourth-order valence-corrected chi connectivity index (χ4v) is 2.11. The molecule has 0 unspecified atom stereocenters. The lowest BCUT2D eigenvalue weighted by Crippen LogP contribution is -2.36. The highest BCUT2D eigenvalue weighted by Gasteiger charge is 2.17. The Morgan fingerprint density at radius 3 is 2.43 bits per heavy atom. The number of nitrogens with one attached hydrogen (secondary N) is 1. The third-order valence-electron chi connectivity index (χ3n) is 3.04. The van der Waals surface area contributed by atoms with Gasteiger partial charge in [-0.1, -0.05) is 23.7 Å². The number of anilines is 2. The lowest BCUT2D eigenvalue weighted by Gasteiger charge is -2.21. The first-order chi connectivity index (χ1) is 10.9. The Balaban J connectivity index is 2.16. The Morgan fingerprint density at radius 1 is 1.13 bits per heavy atom. The van der Waals surface area contributed by atoms with Crippen LogP contribution in [-0.2, 0) is 9.59 Å². The summed E-state index contributed by atoms with van der Waals surface area (Å²) in [5.74, 6) is -2.24. The second-order valence-corrected chi connectivity index (χ2v) is 5.14. The van der Waals surface area contributed by atoms with Crippen LogP contribution in [0.2, 0.25) is 5.02 Å². The molecular formula is C16H13ClF2N2O2. The molecule has 0 aliphatic carbocycles. The summed E-state index contributed by atoms with van der Waals surface area (Å²) in [6, 6.07) is 9.35. The molecule has 2 rings (SSSR count). The highest BCUT2D eigenvalue weighted by atomic mass is 35.5. The molecule has 0 bridgehead atoms. The quantitative estimate of drug-likeness (QED) is 0.925. The van der Waals surface area contributed by atoms with E-state index in [9.17, 15) is 18.4 Å². The zero-order chi connectivity index (χ0) is 17.0. The van der Waals surface area contributed by atoms with Gasteiger partial charge in [0.2, 0.25) is 11.8 Å². The number of benzene rings is 2. The molecule has 2 amide bonds. The van der Waals surface area contributed by atoms with Crippen LogP contribution >= 0.6 is 11.6 Å². The van der Waals surface area contributed by atoms with E-state index < -0.39 is 23.4 Å². The van der Waals surface area contributed by atoms with Crippen molar-refractivity contribution in [1.29, 1.82) is 0 Å². The van der Waals surface area contributed by atoms with Gasteiger partial charge in [-0.3, -0.25) is 9.59 Å². The molecule has 0 aromatic heterocycles. The number of hydrogen-bond acceptors (Lipinski definition) is 2. The van der Waals surface area contributed by atoms with E-state index >= 15 is 0 Å². The number of para-hydroxylation sites is 1. The second kappa shape index (κ2) is 7.19. The predicted molar refractivity (Wildman–Crippen MR) is 84.5 cm³/mol. The molecule has 4 nitrogen and oxygen atoms in total. The van der Waals surface area contributed by atoms with Crippen LogP contribution < -0.4 is 10.2 Å². The first kappa shape index (κ1) is 16.9. The van der Waals surface area contributed by atoms with Gasteiger partial charge in [0, 0.05) is 12.6 Å². The van der Waals surface area contributed by atoms with Gasteiger partial charge >= 0.3 is 0 Å². The summed E-state index contributed by atoms with van der Waals surface area (Å²) in [6.45, 7) is 0.902. The zero-order valence-electron chi connectivity index (χ0n) is 12.1. The molecule has 1 N–H and O–H groups in total. The number of carbonyl (C=O) groups excluding carboxylic acids is 2. The highest BCUT2D eigenvalue weighted by molar-refractivity contribution is 6.31. The smallest absolute Gasteiger partial charge is 0.244 e. The van der Waals surface area contributed by atoms with Gasteiger partial charge in [0.25, 0.3) is 0 Å². The Bertz CT molecular complexity index is 753. The molecule has 0 aliphatic rings. The summed E-state index contributed by atoms with van der Waals surface area (Å²) >= 11 is 5.69. The molecule has 0 atom stereocenters. The second-order valence-electron chi connectivity index (χ2n) is 4.73. The van der Waals surface area contributed by atoms with Gasteiger partial charge in [-0.05, 0) is 30.3 Å². The summed E-state index contributed by atoms with van der Waals surface area (Å²) in [5, 5.41) is 2.21. The molecular weight excluding hydrogens is 326 g/mol. The normalized spacial score (nSPS) is 10.3. The summed E-state index contributed by atoms with van der Waals surface area (Å²) in [4.78, 5) is 24.9. The van der Waals surface area contributed by atoms with Crippen molar-refractivity contribution >= 4 is 34.8 Å². The SMILES string of the molecule is CC(=O)N(CC(=O)Nc1ccccc1F)c1ccc(F)c(Cl)c1. The van der Waals surface area contributed by atoms with Crippen LogP contribution in [0.5, 0.6) is 0 Å². The van der Waals surface area contributed by atoms with Crippen molar-refractivity contribution in [3.05, 3.63) is 59.1 Å². The lowest BCUT2D eigenvalue weighted by molar-refractivity contribution is -0.120. The third-order valence-corrected chi connectivity index (χ3v) is 3.33. The van der Waals surface area contributed by atoms with Crippen molar-refractivity contribution in [1.82, 2.24) is 0 Å². The topological polar surface area (TPSA) is 49.4 Å². The Labute approximate surface area is 136 Å². The fourth-order valence-electron chi connectivity index (χ4n) is 1.93. The molecule has 0 heterocycles. The molecule has 0 fully saturated rings. The Kier molecular flexibility index (Phi) is 5.28. The monoisotopic (exact) mass is 338 g/mol. The van der Waals surface area contributed by atoms with Crippen LogP contribution in [0, 0.1) is 11.6 Å². The molecule has 0 saturated carbocycles. The van der Waals surface area contributed by atoms with E-state index in [1.807, 2.05) is 0 Å². The number of rotatable bonds is 4. The van der Waals surface area contributed by atoms with E-state index in [1.165, 1.54) is 37.3 Å². The minimum atomic E-state index is -0.630. The van der Waals surface area contributed by atoms with Gasteiger partial charge in [-0.2, -0.15) is 0 Å². The van der Waals surface area contributed by atoms with Gasteiger partial charge in [-0.25, -0.2) is 8.78 Å². The average molecular weight is 339 g/mol. The number of amides is 2. The first-order valence-electron chi connectivity index (χ1n) is 6.66. The fraction of sp³-hybridized carbons (Fsp3) is 0.125. The zero-order valence-corrected chi connectivity index (χ0v) is 12.9. The van der Waals surface area contributed by atoms with E-state index in [4.69, 9.17) is 11.6 Å². The first-order valence-corrected chi connectivity index (χ1v) is 7.04. The summed E-state index contributed by atoms with van der Waals surface area (Å²) in [7, 11) is 0. The maximum Gasteiger partial charge on any atom is 0.244 e. The summed E-state index contributed by atoms with van der Waals surface area (Å²) in [6.07, 6.45) is 0. The standard InChI is InChI=1S/C16H13ClF2N2O2/c1-10(22)21(11-6-7-13(18)12(17)8-11)9-16(23)20-15-5-3-2-4-14(15)19/h2-8H,9H2,1H3,(H,20,23). The van der Waals surface area contributed by atoms with E-state index in [0.717, 1.165) is 11.0 Å². The largest absolute Gasteiger partial charge is 0.322 e. The van der Waals surface area contributed by atoms with Gasteiger partial charge in [0.1, 0.15) is 18.2 Å². The molecule has 120 valence electrons. The van der Waals surface area contributed by atoms with Crippen molar-refractivity contribution < 1.29 is 18.4 Å². The minimum Gasteiger partial charge on any atom is -0.322 e. The van der Waals surface area contributed by atoms with Gasteiger partial charge in [0.15, 0.2) is 0 Å². The molecule has 7 heteroatoms. The molecule has 2 aromatic rings. The molecule has 0 spiro atoms. The lowest BCUT2D eigenvalue weighted by atomic mass is 10.2. The van der Waals surface area contributed by atoms with Crippen LogP contribution in [0.25, 0.3) is 0 Å². The van der Waals surface area contributed by atoms with Crippen molar-refractivity contribution in [3.8, 4) is 0 Å². The maximum absolute atomic E-state index is 13.5. The minimum absolute atomic E-state index is 0.0122. The van der Waals surface area contributed by atoms with Crippen LogP contribution in [0.4, 0.5) is 20.2 Å². The average Bonchev–Trinajstić information content (AvgIpc) is 2.50. The van der Waals surface area contributed by atoms with Crippen LogP contribution in [0.15, 0.2) is 42.5 Å². The number of carbonyl (C=O) groups is 2. The summed E-state index contributed by atoms with van der Waals surface area (Å²) in [5.41, 5.74) is 0.283. The highest BCUT2D eigenvalue weighted by Crippen LogP contribution is 2.23. The van der Waals surface area contributed by atoms with Gasteiger partial charge in [0.05, 0.1) is 10.7 Å². The van der Waals surface area contributed by atoms with Crippen molar-refractivity contribution in [2.45, 2.75) is 6.92 Å². The van der Waals surface area contributed by atoms with Crippen molar-refractivity contribution in [2.75, 3.05) is 16.8 Å². The van der Waals surface area contributed by atoms with Crippen LogP contribution in [-0.4, -0.2) is 18.4 Å². The van der Waals surface area contributed by atoms with E-state index in [2.05, 4.69) is 5.32 Å². The molecule has 23 heavy (non-hydrogen) atoms. The Hall–Kier alpha value is -2.47.